The fourth-order valence-corrected chi connectivity index (χ4v) is 1.88. The van der Waals surface area contributed by atoms with E-state index in [0.717, 1.165) is 12.1 Å². The summed E-state index contributed by atoms with van der Waals surface area (Å²) in [6.45, 7) is -0.548. The molecule has 2 rings (SSSR count). The molecule has 0 atom stereocenters. The second kappa shape index (κ2) is 7.38. The fourth-order valence-electron chi connectivity index (χ4n) is 1.70. The Balaban J connectivity index is 1.95. The number of ether oxygens (including phenoxy) is 1. The average Bonchev–Trinajstić information content (AvgIpc) is 2.53. The van der Waals surface area contributed by atoms with Gasteiger partial charge < -0.3 is 10.1 Å². The highest BCUT2D eigenvalue weighted by molar-refractivity contribution is 6.31. The number of hydrogen-bond acceptors (Lipinski definition) is 4. The van der Waals surface area contributed by atoms with Gasteiger partial charge in [0.05, 0.1) is 16.8 Å². The van der Waals surface area contributed by atoms with E-state index in [1.54, 1.807) is 0 Å². The van der Waals surface area contributed by atoms with Gasteiger partial charge in [-0.1, -0.05) is 11.6 Å². The van der Waals surface area contributed by atoms with Gasteiger partial charge in [-0.2, -0.15) is 5.26 Å². The molecule has 5 nitrogen and oxygen atoms in total. The monoisotopic (exact) mass is 332 g/mol. The van der Waals surface area contributed by atoms with Gasteiger partial charge in [0.2, 0.25) is 0 Å². The Kier molecular flexibility index (Phi) is 5.28. The van der Waals surface area contributed by atoms with Crippen LogP contribution >= 0.6 is 11.6 Å². The molecule has 0 heterocycles. The summed E-state index contributed by atoms with van der Waals surface area (Å²) in [5.41, 5.74) is 0.579. The maximum absolute atomic E-state index is 12.8. The Morgan fingerprint density at radius 3 is 2.57 bits per heavy atom. The Morgan fingerprint density at radius 2 is 1.91 bits per heavy atom. The lowest BCUT2D eigenvalue weighted by atomic mass is 10.2. The highest BCUT2D eigenvalue weighted by Crippen LogP contribution is 2.20. The zero-order valence-corrected chi connectivity index (χ0v) is 12.4. The number of benzene rings is 2. The molecule has 1 amide bonds. The molecule has 0 unspecified atom stereocenters. The molecule has 0 spiro atoms. The maximum atomic E-state index is 12.8. The quantitative estimate of drug-likeness (QED) is 0.872. The zero-order chi connectivity index (χ0) is 16.8. The van der Waals surface area contributed by atoms with E-state index in [1.807, 2.05) is 6.07 Å². The number of nitriles is 1. The molecule has 0 aliphatic rings. The van der Waals surface area contributed by atoms with Crippen LogP contribution in [0.5, 0.6) is 0 Å². The number of carbonyl (C=O) groups is 2. The zero-order valence-electron chi connectivity index (χ0n) is 11.7. The first-order valence-corrected chi connectivity index (χ1v) is 6.79. The summed E-state index contributed by atoms with van der Waals surface area (Å²) in [4.78, 5) is 23.5. The molecule has 0 aliphatic carbocycles. The Labute approximate surface area is 136 Å². The van der Waals surface area contributed by atoms with Crippen molar-refractivity contribution in [2.75, 3.05) is 11.9 Å². The van der Waals surface area contributed by atoms with Crippen molar-refractivity contribution in [1.82, 2.24) is 0 Å². The van der Waals surface area contributed by atoms with Crippen LogP contribution < -0.4 is 5.32 Å². The summed E-state index contributed by atoms with van der Waals surface area (Å²) >= 11 is 5.80. The van der Waals surface area contributed by atoms with Crippen molar-refractivity contribution in [1.29, 1.82) is 5.26 Å². The van der Waals surface area contributed by atoms with E-state index in [-0.39, 0.29) is 16.8 Å². The van der Waals surface area contributed by atoms with Crippen molar-refractivity contribution in [3.8, 4) is 6.07 Å². The predicted octanol–water partition coefficient (Wildman–Crippen LogP) is 3.15. The van der Waals surface area contributed by atoms with Gasteiger partial charge in [0.15, 0.2) is 6.61 Å². The molecule has 7 heteroatoms. The molecule has 0 radical (unpaired) electrons. The molecule has 2 aromatic carbocycles. The Hall–Kier alpha value is -2.91. The molecular weight excluding hydrogens is 323 g/mol. The second-order valence-corrected chi connectivity index (χ2v) is 4.87. The van der Waals surface area contributed by atoms with Crippen LogP contribution in [0.2, 0.25) is 5.02 Å². The van der Waals surface area contributed by atoms with Crippen molar-refractivity contribution >= 4 is 29.2 Å². The molecule has 1 N–H and O–H groups in total. The van der Waals surface area contributed by atoms with E-state index in [9.17, 15) is 14.0 Å². The smallest absolute Gasteiger partial charge is 0.338 e. The minimum Gasteiger partial charge on any atom is -0.452 e. The minimum absolute atomic E-state index is 0.125. The number of anilines is 1. The van der Waals surface area contributed by atoms with Crippen LogP contribution in [0.15, 0.2) is 42.5 Å². The summed E-state index contributed by atoms with van der Waals surface area (Å²) in [5.74, 6) is -1.87. The molecular formula is C16H10ClFN2O3. The summed E-state index contributed by atoms with van der Waals surface area (Å²) in [6.07, 6.45) is 0. The number of amides is 1. The lowest BCUT2D eigenvalue weighted by Gasteiger charge is -2.08. The van der Waals surface area contributed by atoms with Crippen molar-refractivity contribution in [3.05, 3.63) is 64.4 Å². The van der Waals surface area contributed by atoms with E-state index in [4.69, 9.17) is 21.6 Å². The van der Waals surface area contributed by atoms with Crippen molar-refractivity contribution < 1.29 is 18.7 Å². The topological polar surface area (TPSA) is 79.2 Å². The first-order chi connectivity index (χ1) is 11.0. The van der Waals surface area contributed by atoms with Crippen LogP contribution in [0.1, 0.15) is 15.9 Å². The van der Waals surface area contributed by atoms with Crippen LogP contribution in [0.3, 0.4) is 0 Å². The van der Waals surface area contributed by atoms with Gasteiger partial charge in [0, 0.05) is 5.02 Å². The van der Waals surface area contributed by atoms with Crippen molar-refractivity contribution in [3.63, 3.8) is 0 Å². The standard InChI is InChI=1S/C16H10ClFN2O3/c17-12-4-1-11(8-19)14(7-12)20-15(21)9-23-16(22)10-2-5-13(18)6-3-10/h1-7H,9H2,(H,20,21). The largest absolute Gasteiger partial charge is 0.452 e. The van der Waals surface area contributed by atoms with E-state index >= 15 is 0 Å². The predicted molar refractivity (Wildman–Crippen MR) is 81.5 cm³/mol. The first kappa shape index (κ1) is 16.5. The van der Waals surface area contributed by atoms with E-state index < -0.39 is 24.3 Å². The van der Waals surface area contributed by atoms with Gasteiger partial charge in [-0.25, -0.2) is 9.18 Å². The number of carbonyl (C=O) groups excluding carboxylic acids is 2. The van der Waals surface area contributed by atoms with Crippen molar-refractivity contribution in [2.45, 2.75) is 0 Å². The van der Waals surface area contributed by atoms with Crippen LogP contribution in [0, 0.1) is 17.1 Å². The molecule has 0 saturated heterocycles. The van der Waals surface area contributed by atoms with Crippen LogP contribution in [0.4, 0.5) is 10.1 Å². The Bertz CT molecular complexity index is 785. The lowest BCUT2D eigenvalue weighted by Crippen LogP contribution is -2.21. The summed E-state index contributed by atoms with van der Waals surface area (Å²) in [5, 5.41) is 11.7. The number of nitrogens with one attached hydrogen (secondary N) is 1. The molecule has 0 bridgehead atoms. The van der Waals surface area contributed by atoms with Crippen LogP contribution in [0.25, 0.3) is 0 Å². The van der Waals surface area contributed by atoms with Crippen LogP contribution in [-0.2, 0) is 9.53 Å². The summed E-state index contributed by atoms with van der Waals surface area (Å²) in [6, 6.07) is 11.0. The number of nitrogens with zero attached hydrogens (tertiary/aromatic N) is 1. The highest BCUT2D eigenvalue weighted by Gasteiger charge is 2.12. The fraction of sp³-hybridized carbons (Fsp3) is 0.0625. The molecule has 0 aromatic heterocycles. The molecule has 0 aliphatic heterocycles. The second-order valence-electron chi connectivity index (χ2n) is 4.43. The van der Waals surface area contributed by atoms with Crippen LogP contribution in [-0.4, -0.2) is 18.5 Å². The number of hydrogen-bond donors (Lipinski definition) is 1. The van der Waals surface area contributed by atoms with Gasteiger partial charge in [-0.3, -0.25) is 4.79 Å². The maximum Gasteiger partial charge on any atom is 0.338 e. The summed E-state index contributed by atoms with van der Waals surface area (Å²) < 4.78 is 17.6. The number of halogens is 2. The van der Waals surface area contributed by atoms with Crippen molar-refractivity contribution in [2.24, 2.45) is 0 Å². The lowest BCUT2D eigenvalue weighted by molar-refractivity contribution is -0.119. The van der Waals surface area contributed by atoms with E-state index in [1.165, 1.54) is 30.3 Å². The first-order valence-electron chi connectivity index (χ1n) is 6.42. The number of rotatable bonds is 4. The average molecular weight is 333 g/mol. The van der Waals surface area contributed by atoms with Gasteiger partial charge in [0.25, 0.3) is 5.91 Å². The number of esters is 1. The molecule has 116 valence electrons. The Morgan fingerprint density at radius 1 is 1.22 bits per heavy atom. The van der Waals surface area contributed by atoms with Gasteiger partial charge in [-0.15, -0.1) is 0 Å². The van der Waals surface area contributed by atoms with Gasteiger partial charge in [-0.05, 0) is 42.5 Å². The molecule has 0 fully saturated rings. The third-order valence-electron chi connectivity index (χ3n) is 2.79. The van der Waals surface area contributed by atoms with E-state index in [0.29, 0.717) is 5.02 Å². The highest BCUT2D eigenvalue weighted by atomic mass is 35.5. The van der Waals surface area contributed by atoms with Gasteiger partial charge in [0.1, 0.15) is 11.9 Å². The minimum atomic E-state index is -0.758. The molecule has 23 heavy (non-hydrogen) atoms. The third-order valence-corrected chi connectivity index (χ3v) is 3.03. The SMILES string of the molecule is N#Cc1ccc(Cl)cc1NC(=O)COC(=O)c1ccc(F)cc1. The molecule has 2 aromatic rings. The normalized spacial score (nSPS) is 9.78. The van der Waals surface area contributed by atoms with Gasteiger partial charge >= 0.3 is 5.97 Å². The third kappa shape index (κ3) is 4.53. The van der Waals surface area contributed by atoms with E-state index in [2.05, 4.69) is 5.32 Å². The summed E-state index contributed by atoms with van der Waals surface area (Å²) in [7, 11) is 0. The molecule has 0 saturated carbocycles.